The summed E-state index contributed by atoms with van der Waals surface area (Å²) in [6.07, 6.45) is 3.67. The number of nitrogens with one attached hydrogen (secondary N) is 1. The Morgan fingerprint density at radius 1 is 0.875 bits per heavy atom. The zero-order valence-electron chi connectivity index (χ0n) is 24.0. The molecular weight excluding hydrogens is 516 g/mol. The summed E-state index contributed by atoms with van der Waals surface area (Å²) in [7, 11) is 6.52. The first-order valence-electron chi connectivity index (χ1n) is 12.8. The van der Waals surface area contributed by atoms with Crippen LogP contribution in [-0.2, 0) is 21.4 Å². The number of carbonyl (C=O) groups is 2. The van der Waals surface area contributed by atoms with Crippen LogP contribution in [0.2, 0.25) is 0 Å². The van der Waals surface area contributed by atoms with E-state index < -0.39 is 17.4 Å². The van der Waals surface area contributed by atoms with E-state index in [9.17, 15) is 14.9 Å². The molecule has 2 rings (SSSR count). The van der Waals surface area contributed by atoms with Gasteiger partial charge in [-0.1, -0.05) is 26.0 Å². The van der Waals surface area contributed by atoms with Crippen molar-refractivity contribution in [3.8, 4) is 29.1 Å². The average Bonchev–Trinajstić information content (AvgIpc) is 2.95. The van der Waals surface area contributed by atoms with E-state index >= 15 is 0 Å². The van der Waals surface area contributed by atoms with Crippen molar-refractivity contribution in [3.05, 3.63) is 59.7 Å². The van der Waals surface area contributed by atoms with Gasteiger partial charge in [-0.15, -0.1) is 0 Å². The van der Waals surface area contributed by atoms with Crippen LogP contribution in [0.15, 0.2) is 48.6 Å². The number of methoxy groups -OCH3 is 4. The van der Waals surface area contributed by atoms with E-state index in [4.69, 9.17) is 29.2 Å². The summed E-state index contributed by atoms with van der Waals surface area (Å²) in [4.78, 5) is 19.1. The lowest BCUT2D eigenvalue weighted by molar-refractivity contribution is -0.134. The molecule has 0 spiro atoms. The van der Waals surface area contributed by atoms with E-state index in [-0.39, 0.29) is 5.92 Å². The zero-order valence-corrected chi connectivity index (χ0v) is 24.0. The first-order valence-corrected chi connectivity index (χ1v) is 12.8. The Balaban J connectivity index is 0.000000869. The highest BCUT2D eigenvalue weighted by molar-refractivity contribution is 5.89. The molecule has 0 fully saturated rings. The Morgan fingerprint density at radius 2 is 1.40 bits per heavy atom. The smallest absolute Gasteiger partial charge is 0.328 e. The third kappa shape index (κ3) is 10.2. The van der Waals surface area contributed by atoms with Crippen molar-refractivity contribution < 1.29 is 38.7 Å². The van der Waals surface area contributed by atoms with Gasteiger partial charge in [-0.05, 0) is 73.7 Å². The number of carboxylic acids is 2. The topological polar surface area (TPSA) is 147 Å². The summed E-state index contributed by atoms with van der Waals surface area (Å²) < 4.78 is 21.5. The number of nitrogens with zero attached hydrogens (tertiary/aromatic N) is 1. The number of carboxylic acid groups (broad SMARTS) is 2. The number of ether oxygens (including phenoxy) is 4. The molecule has 1 unspecified atom stereocenters. The highest BCUT2D eigenvalue weighted by Gasteiger charge is 2.36. The number of rotatable bonds is 15. The maximum atomic E-state index is 10.2. The standard InChI is InChI=1S/C26H36N2O4.C4H4O4/c1-19(2)26(18-27,21-9-11-23(30-4)25(17-21)32-6)13-7-14-28-15-12-20-8-10-22(29-3)24(16-20)31-5;5-3(6)1-2-4(7)8/h8-11,16-17,19,28H,7,12-15H2,1-6H3;1-2H,(H,5,6)(H,7,8)/b;2-1-. The van der Waals surface area contributed by atoms with Crippen LogP contribution < -0.4 is 24.3 Å². The van der Waals surface area contributed by atoms with E-state index in [2.05, 4.69) is 31.3 Å². The molecule has 2 aromatic carbocycles. The molecular formula is C30H40N2O8. The fraction of sp³-hybridized carbons (Fsp3) is 0.433. The SMILES string of the molecule is COc1ccc(CCNCCCC(C#N)(c2ccc(OC)c(OC)c2)C(C)C)cc1OC.O=C(O)/C=C\C(=O)O. The van der Waals surface area contributed by atoms with Crippen LogP contribution in [-0.4, -0.2) is 63.7 Å². The maximum Gasteiger partial charge on any atom is 0.328 e. The molecule has 10 nitrogen and oxygen atoms in total. The number of benzene rings is 2. The Bertz CT molecular complexity index is 1160. The molecule has 1 atom stereocenters. The largest absolute Gasteiger partial charge is 0.493 e. The molecule has 0 saturated heterocycles. The van der Waals surface area contributed by atoms with Crippen molar-refractivity contribution in [1.82, 2.24) is 5.32 Å². The minimum absolute atomic E-state index is 0.164. The Hall–Kier alpha value is -4.23. The molecule has 0 aliphatic heterocycles. The first kappa shape index (κ1) is 33.8. The van der Waals surface area contributed by atoms with Crippen LogP contribution in [0, 0.1) is 17.2 Å². The summed E-state index contributed by atoms with van der Waals surface area (Å²) in [5, 5.41) is 29.3. The monoisotopic (exact) mass is 556 g/mol. The minimum Gasteiger partial charge on any atom is -0.493 e. The van der Waals surface area contributed by atoms with E-state index in [0.717, 1.165) is 49.4 Å². The lowest BCUT2D eigenvalue weighted by Gasteiger charge is -2.32. The van der Waals surface area contributed by atoms with Gasteiger partial charge in [0.05, 0.1) is 39.9 Å². The fourth-order valence-electron chi connectivity index (χ4n) is 4.16. The highest BCUT2D eigenvalue weighted by atomic mass is 16.5. The molecule has 0 heterocycles. The number of nitriles is 1. The summed E-state index contributed by atoms with van der Waals surface area (Å²) in [5.41, 5.74) is 1.58. The quantitative estimate of drug-likeness (QED) is 0.212. The lowest BCUT2D eigenvalue weighted by Crippen LogP contribution is -2.32. The average molecular weight is 557 g/mol. The molecule has 0 aliphatic rings. The number of hydrogen-bond donors (Lipinski definition) is 3. The van der Waals surface area contributed by atoms with Crippen LogP contribution >= 0.6 is 0 Å². The van der Waals surface area contributed by atoms with E-state index in [0.29, 0.717) is 23.7 Å². The summed E-state index contributed by atoms with van der Waals surface area (Å²) >= 11 is 0. The molecule has 0 saturated carbocycles. The molecule has 3 N–H and O–H groups in total. The molecule has 40 heavy (non-hydrogen) atoms. The van der Waals surface area contributed by atoms with Gasteiger partial charge in [0.1, 0.15) is 0 Å². The zero-order chi connectivity index (χ0) is 30.1. The fourth-order valence-corrected chi connectivity index (χ4v) is 4.16. The molecule has 0 aliphatic carbocycles. The summed E-state index contributed by atoms with van der Waals surface area (Å²) in [6.45, 7) is 5.90. The van der Waals surface area contributed by atoms with Crippen LogP contribution in [0.3, 0.4) is 0 Å². The summed E-state index contributed by atoms with van der Waals surface area (Å²) in [5.74, 6) is 0.454. The first-order chi connectivity index (χ1) is 19.1. The van der Waals surface area contributed by atoms with E-state index in [1.807, 2.05) is 30.3 Å². The molecule has 2 aromatic rings. The van der Waals surface area contributed by atoms with Crippen molar-refractivity contribution in [1.29, 1.82) is 5.26 Å². The summed E-state index contributed by atoms with van der Waals surface area (Å²) in [6, 6.07) is 14.4. The van der Waals surface area contributed by atoms with Crippen LogP contribution in [0.1, 0.15) is 37.8 Å². The van der Waals surface area contributed by atoms with Gasteiger partial charge in [0.15, 0.2) is 23.0 Å². The third-order valence-corrected chi connectivity index (χ3v) is 6.42. The Morgan fingerprint density at radius 3 is 1.88 bits per heavy atom. The second-order valence-electron chi connectivity index (χ2n) is 9.11. The Kier molecular flexibility index (Phi) is 14.7. The van der Waals surface area contributed by atoms with E-state index in [1.54, 1.807) is 28.4 Å². The number of aliphatic carboxylic acids is 2. The van der Waals surface area contributed by atoms with Gasteiger partial charge in [-0.2, -0.15) is 5.26 Å². The molecule has 0 bridgehead atoms. The van der Waals surface area contributed by atoms with Crippen LogP contribution in [0.25, 0.3) is 0 Å². The second kappa shape index (κ2) is 17.4. The predicted octanol–water partition coefficient (Wildman–Crippen LogP) is 4.46. The van der Waals surface area contributed by atoms with Crippen molar-refractivity contribution in [2.24, 2.45) is 5.92 Å². The molecule has 218 valence electrons. The second-order valence-corrected chi connectivity index (χ2v) is 9.11. The molecule has 10 heteroatoms. The van der Waals surface area contributed by atoms with Gasteiger partial charge in [-0.25, -0.2) is 9.59 Å². The van der Waals surface area contributed by atoms with Crippen LogP contribution in [0.5, 0.6) is 23.0 Å². The van der Waals surface area contributed by atoms with Gasteiger partial charge in [0.2, 0.25) is 0 Å². The molecule has 0 radical (unpaired) electrons. The van der Waals surface area contributed by atoms with Gasteiger partial charge < -0.3 is 34.5 Å². The highest BCUT2D eigenvalue weighted by Crippen LogP contribution is 2.40. The van der Waals surface area contributed by atoms with Gasteiger partial charge in [-0.3, -0.25) is 0 Å². The normalized spacial score (nSPS) is 12.1. The third-order valence-electron chi connectivity index (χ3n) is 6.42. The van der Waals surface area contributed by atoms with Crippen molar-refractivity contribution in [2.45, 2.75) is 38.5 Å². The molecule has 0 aromatic heterocycles. The van der Waals surface area contributed by atoms with Crippen molar-refractivity contribution in [2.75, 3.05) is 41.5 Å². The Labute approximate surface area is 236 Å². The van der Waals surface area contributed by atoms with Crippen LogP contribution in [0.4, 0.5) is 0 Å². The number of hydrogen-bond acceptors (Lipinski definition) is 8. The van der Waals surface area contributed by atoms with E-state index in [1.165, 1.54) is 5.56 Å². The van der Waals surface area contributed by atoms with Gasteiger partial charge >= 0.3 is 11.9 Å². The lowest BCUT2D eigenvalue weighted by atomic mass is 9.70. The predicted molar refractivity (Wildman–Crippen MR) is 151 cm³/mol. The minimum atomic E-state index is -1.26. The van der Waals surface area contributed by atoms with Crippen molar-refractivity contribution >= 4 is 11.9 Å². The molecule has 0 amide bonds. The van der Waals surface area contributed by atoms with Crippen molar-refractivity contribution in [3.63, 3.8) is 0 Å². The van der Waals surface area contributed by atoms with Gasteiger partial charge in [0.25, 0.3) is 0 Å². The maximum absolute atomic E-state index is 10.2. The van der Waals surface area contributed by atoms with Gasteiger partial charge in [0, 0.05) is 12.2 Å².